The van der Waals surface area contributed by atoms with Gasteiger partial charge in [-0.1, -0.05) is 35.9 Å². The highest BCUT2D eigenvalue weighted by Crippen LogP contribution is 2.35. The number of halogens is 1. The van der Waals surface area contributed by atoms with Gasteiger partial charge in [-0.05, 0) is 54.5 Å². The normalized spacial score (nSPS) is 17.3. The smallest absolute Gasteiger partial charge is 0.163 e. The highest BCUT2D eigenvalue weighted by Gasteiger charge is 2.23. The molecule has 0 aromatic heterocycles. The quantitative estimate of drug-likeness (QED) is 0.664. The molecule has 1 unspecified atom stereocenters. The molecule has 1 aliphatic carbocycles. The molecule has 0 bridgehead atoms. The second kappa shape index (κ2) is 5.90. The van der Waals surface area contributed by atoms with Gasteiger partial charge in [-0.3, -0.25) is 4.79 Å². The summed E-state index contributed by atoms with van der Waals surface area (Å²) in [5.41, 5.74) is 9.63. The lowest BCUT2D eigenvalue weighted by Gasteiger charge is -2.25. The largest absolute Gasteiger partial charge is 0.399 e. The zero-order chi connectivity index (χ0) is 14.8. The van der Waals surface area contributed by atoms with E-state index in [1.807, 2.05) is 0 Å². The van der Waals surface area contributed by atoms with Gasteiger partial charge in [0.2, 0.25) is 0 Å². The summed E-state index contributed by atoms with van der Waals surface area (Å²) < 4.78 is 0. The Bertz CT molecular complexity index is 660. The van der Waals surface area contributed by atoms with Gasteiger partial charge < -0.3 is 5.73 Å². The topological polar surface area (TPSA) is 43.1 Å². The molecule has 1 atom stereocenters. The van der Waals surface area contributed by atoms with Crippen molar-refractivity contribution in [2.24, 2.45) is 0 Å². The number of nitrogens with two attached hydrogens (primary N) is 1. The van der Waals surface area contributed by atoms with Crippen molar-refractivity contribution < 1.29 is 4.79 Å². The van der Waals surface area contributed by atoms with Gasteiger partial charge in [0.15, 0.2) is 5.78 Å². The van der Waals surface area contributed by atoms with Crippen LogP contribution in [0.15, 0.2) is 42.5 Å². The maximum absolute atomic E-state index is 12.5. The molecular formula is C18H18ClNO. The van der Waals surface area contributed by atoms with Gasteiger partial charge in [0.25, 0.3) is 0 Å². The van der Waals surface area contributed by atoms with E-state index in [0.29, 0.717) is 28.6 Å². The minimum Gasteiger partial charge on any atom is -0.399 e. The van der Waals surface area contributed by atoms with Crippen LogP contribution in [-0.4, -0.2) is 5.78 Å². The fraction of sp³-hybridized carbons (Fsp3) is 0.278. The van der Waals surface area contributed by atoms with Crippen molar-refractivity contribution in [2.45, 2.75) is 31.6 Å². The number of hydrogen-bond acceptors (Lipinski definition) is 2. The molecule has 2 N–H and O–H groups in total. The summed E-state index contributed by atoms with van der Waals surface area (Å²) in [4.78, 5) is 12.5. The molecule has 0 fully saturated rings. The molecule has 0 spiro atoms. The predicted molar refractivity (Wildman–Crippen MR) is 86.9 cm³/mol. The van der Waals surface area contributed by atoms with Crippen molar-refractivity contribution >= 4 is 23.1 Å². The number of fused-ring (bicyclic) bond motifs is 1. The molecule has 0 aliphatic heterocycles. The Morgan fingerprint density at radius 1 is 1.24 bits per heavy atom. The molecule has 21 heavy (non-hydrogen) atoms. The summed E-state index contributed by atoms with van der Waals surface area (Å²) in [6.45, 7) is 0. The van der Waals surface area contributed by atoms with Crippen molar-refractivity contribution in [1.29, 1.82) is 0 Å². The SMILES string of the molecule is Nc1cc(Cl)cc(C(=O)CC2CCCc3ccccc32)c1. The number of Topliss-reactive ketones (excluding diaryl/α,β-unsaturated/α-hetero) is 1. The number of rotatable bonds is 3. The van der Waals surface area contributed by atoms with Crippen LogP contribution in [0.25, 0.3) is 0 Å². The molecule has 2 nitrogen and oxygen atoms in total. The number of aryl methyl sites for hydroxylation is 1. The number of hydrogen-bond donors (Lipinski definition) is 1. The number of ketones is 1. The highest BCUT2D eigenvalue weighted by molar-refractivity contribution is 6.31. The monoisotopic (exact) mass is 299 g/mol. The molecule has 2 aromatic rings. The molecule has 1 aliphatic rings. The van der Waals surface area contributed by atoms with E-state index in [1.165, 1.54) is 11.1 Å². The average Bonchev–Trinajstić information content (AvgIpc) is 2.46. The summed E-state index contributed by atoms with van der Waals surface area (Å²) in [5, 5.41) is 0.516. The first kappa shape index (κ1) is 14.2. The van der Waals surface area contributed by atoms with Crippen LogP contribution >= 0.6 is 11.6 Å². The number of carbonyl (C=O) groups is 1. The molecule has 0 radical (unpaired) electrons. The van der Waals surface area contributed by atoms with Crippen LogP contribution < -0.4 is 5.73 Å². The fourth-order valence-corrected chi connectivity index (χ4v) is 3.43. The highest BCUT2D eigenvalue weighted by atomic mass is 35.5. The molecule has 0 heterocycles. The van der Waals surface area contributed by atoms with Crippen LogP contribution in [0.2, 0.25) is 5.02 Å². The lowest BCUT2D eigenvalue weighted by molar-refractivity contribution is 0.0971. The van der Waals surface area contributed by atoms with Gasteiger partial charge in [-0.25, -0.2) is 0 Å². The van der Waals surface area contributed by atoms with E-state index in [4.69, 9.17) is 17.3 Å². The number of anilines is 1. The Hall–Kier alpha value is -1.80. The third-order valence-corrected chi connectivity index (χ3v) is 4.39. The molecule has 2 aromatic carbocycles. The van der Waals surface area contributed by atoms with Crippen molar-refractivity contribution in [1.82, 2.24) is 0 Å². The van der Waals surface area contributed by atoms with Crippen molar-refractivity contribution in [2.75, 3.05) is 5.73 Å². The molecule has 3 heteroatoms. The summed E-state index contributed by atoms with van der Waals surface area (Å²) in [6, 6.07) is 13.5. The zero-order valence-electron chi connectivity index (χ0n) is 11.8. The van der Waals surface area contributed by atoms with Crippen LogP contribution in [0.5, 0.6) is 0 Å². The summed E-state index contributed by atoms with van der Waals surface area (Å²) in [7, 11) is 0. The molecular weight excluding hydrogens is 282 g/mol. The zero-order valence-corrected chi connectivity index (χ0v) is 12.6. The first-order valence-corrected chi connectivity index (χ1v) is 7.68. The Balaban J connectivity index is 1.82. The third kappa shape index (κ3) is 3.11. The number of benzene rings is 2. The van der Waals surface area contributed by atoms with Gasteiger partial charge in [0.1, 0.15) is 0 Å². The average molecular weight is 300 g/mol. The Kier molecular flexibility index (Phi) is 3.98. The lowest BCUT2D eigenvalue weighted by atomic mass is 9.79. The lowest BCUT2D eigenvalue weighted by Crippen LogP contribution is -2.14. The third-order valence-electron chi connectivity index (χ3n) is 4.17. The maximum atomic E-state index is 12.5. The van der Waals surface area contributed by atoms with Crippen LogP contribution in [0.1, 0.15) is 46.7 Å². The van der Waals surface area contributed by atoms with Crippen LogP contribution in [0.4, 0.5) is 5.69 Å². The molecule has 0 amide bonds. The van der Waals surface area contributed by atoms with Gasteiger partial charge in [-0.15, -0.1) is 0 Å². The van der Waals surface area contributed by atoms with E-state index in [0.717, 1.165) is 19.3 Å². The van der Waals surface area contributed by atoms with Crippen LogP contribution in [0.3, 0.4) is 0 Å². The standard InChI is InChI=1S/C18H18ClNO/c19-15-8-14(9-16(20)11-15)18(21)10-13-6-3-5-12-4-1-2-7-17(12)13/h1-2,4,7-9,11,13H,3,5-6,10,20H2. The van der Waals surface area contributed by atoms with Gasteiger partial charge in [-0.2, -0.15) is 0 Å². The van der Waals surface area contributed by atoms with E-state index in [-0.39, 0.29) is 5.78 Å². The Morgan fingerprint density at radius 3 is 2.86 bits per heavy atom. The Morgan fingerprint density at radius 2 is 2.05 bits per heavy atom. The Labute approximate surface area is 129 Å². The molecule has 0 saturated heterocycles. The summed E-state index contributed by atoms with van der Waals surface area (Å²) in [6.07, 6.45) is 3.85. The van der Waals surface area contributed by atoms with E-state index < -0.39 is 0 Å². The van der Waals surface area contributed by atoms with E-state index in [2.05, 4.69) is 24.3 Å². The van der Waals surface area contributed by atoms with Crippen LogP contribution in [0, 0.1) is 0 Å². The number of carbonyl (C=O) groups excluding carboxylic acids is 1. The van der Waals surface area contributed by atoms with Gasteiger partial charge in [0, 0.05) is 22.7 Å². The van der Waals surface area contributed by atoms with Gasteiger partial charge >= 0.3 is 0 Å². The maximum Gasteiger partial charge on any atom is 0.163 e. The minimum absolute atomic E-state index is 0.117. The van der Waals surface area contributed by atoms with Crippen molar-refractivity contribution in [3.8, 4) is 0 Å². The fourth-order valence-electron chi connectivity index (χ4n) is 3.18. The number of nitrogen functional groups attached to an aromatic ring is 1. The summed E-state index contributed by atoms with van der Waals surface area (Å²) >= 11 is 5.99. The van der Waals surface area contributed by atoms with E-state index in [9.17, 15) is 4.79 Å². The summed E-state index contributed by atoms with van der Waals surface area (Å²) in [5.74, 6) is 0.425. The predicted octanol–water partition coefficient (Wildman–Crippen LogP) is 4.62. The van der Waals surface area contributed by atoms with E-state index >= 15 is 0 Å². The first-order chi connectivity index (χ1) is 10.1. The molecule has 108 valence electrons. The van der Waals surface area contributed by atoms with E-state index in [1.54, 1.807) is 18.2 Å². The first-order valence-electron chi connectivity index (χ1n) is 7.30. The second-order valence-corrected chi connectivity index (χ2v) is 6.12. The van der Waals surface area contributed by atoms with Crippen molar-refractivity contribution in [3.05, 3.63) is 64.2 Å². The second-order valence-electron chi connectivity index (χ2n) is 5.69. The van der Waals surface area contributed by atoms with Crippen molar-refractivity contribution in [3.63, 3.8) is 0 Å². The van der Waals surface area contributed by atoms with Crippen LogP contribution in [-0.2, 0) is 6.42 Å². The minimum atomic E-state index is 0.117. The molecule has 0 saturated carbocycles. The van der Waals surface area contributed by atoms with Gasteiger partial charge in [0.05, 0.1) is 0 Å². The molecule has 3 rings (SSSR count).